The molecule has 0 unspecified atom stereocenters. The van der Waals surface area contributed by atoms with Crippen LogP contribution in [-0.4, -0.2) is 11.4 Å². The van der Waals surface area contributed by atoms with Crippen molar-refractivity contribution < 1.29 is 23.0 Å². The molecule has 21 heavy (non-hydrogen) atoms. The highest BCUT2D eigenvalue weighted by Crippen LogP contribution is 2.37. The highest BCUT2D eigenvalue weighted by atomic mass is 32.2. The number of thioether (sulfide) groups is 1. The lowest BCUT2D eigenvalue weighted by atomic mass is 10.1. The fourth-order valence-corrected chi connectivity index (χ4v) is 2.38. The van der Waals surface area contributed by atoms with E-state index in [0.717, 1.165) is 11.0 Å². The Morgan fingerprint density at radius 3 is 2.48 bits per heavy atom. The van der Waals surface area contributed by atoms with Gasteiger partial charge in [-0.2, -0.15) is 13.2 Å². The highest BCUT2D eigenvalue weighted by molar-refractivity contribution is 7.98. The van der Waals surface area contributed by atoms with Crippen molar-refractivity contribution in [2.45, 2.75) is 17.7 Å². The highest BCUT2D eigenvalue weighted by Gasteiger charge is 2.33. The second kappa shape index (κ2) is 6.41. The fourth-order valence-electron chi connectivity index (χ4n) is 1.85. The van der Waals surface area contributed by atoms with E-state index in [2.05, 4.69) is 0 Å². The van der Waals surface area contributed by atoms with Crippen molar-refractivity contribution in [3.05, 3.63) is 53.6 Å². The first-order valence-electron chi connectivity index (χ1n) is 6.07. The first-order valence-corrected chi connectivity index (χ1v) is 7.30. The number of para-hydroxylation sites is 1. The number of hydrogen-bond acceptors (Lipinski definition) is 3. The molecule has 2 aromatic rings. The zero-order chi connectivity index (χ0) is 15.5. The summed E-state index contributed by atoms with van der Waals surface area (Å²) in [5, 5.41) is 9.00. The van der Waals surface area contributed by atoms with Gasteiger partial charge in [0.25, 0.3) is 0 Å². The maximum atomic E-state index is 12.9. The lowest BCUT2D eigenvalue weighted by Crippen LogP contribution is -2.09. The van der Waals surface area contributed by atoms with Crippen LogP contribution in [0.25, 0.3) is 0 Å². The molecule has 0 amide bonds. The van der Waals surface area contributed by atoms with Crippen LogP contribution >= 0.6 is 11.8 Å². The van der Waals surface area contributed by atoms with Gasteiger partial charge in [0.15, 0.2) is 0 Å². The van der Waals surface area contributed by atoms with Gasteiger partial charge in [0.05, 0.1) is 12.2 Å². The minimum absolute atomic E-state index is 0.0843. The molecule has 0 saturated carbocycles. The predicted octanol–water partition coefficient (Wildman–Crippen LogP) is 4.71. The molecule has 1 N–H and O–H groups in total. The van der Waals surface area contributed by atoms with E-state index in [0.29, 0.717) is 5.75 Å². The Balaban J connectivity index is 2.37. The van der Waals surface area contributed by atoms with Gasteiger partial charge < -0.3 is 9.84 Å². The molecular weight excluding hydrogens is 301 g/mol. The SMILES string of the molecule is CSc1ccccc1Oc1ccc(CO)c(C(F)(F)F)c1. The first kappa shape index (κ1) is 15.7. The lowest BCUT2D eigenvalue weighted by molar-refractivity contribution is -0.138. The Bertz CT molecular complexity index is 627. The van der Waals surface area contributed by atoms with E-state index in [-0.39, 0.29) is 11.3 Å². The third kappa shape index (κ3) is 3.71. The van der Waals surface area contributed by atoms with Crippen LogP contribution in [0.4, 0.5) is 13.2 Å². The molecule has 0 radical (unpaired) electrons. The zero-order valence-electron chi connectivity index (χ0n) is 11.1. The van der Waals surface area contributed by atoms with Gasteiger partial charge in [-0.15, -0.1) is 11.8 Å². The van der Waals surface area contributed by atoms with Gasteiger partial charge in [0, 0.05) is 4.90 Å². The quantitative estimate of drug-likeness (QED) is 0.829. The Morgan fingerprint density at radius 2 is 1.86 bits per heavy atom. The topological polar surface area (TPSA) is 29.5 Å². The van der Waals surface area contributed by atoms with Crippen LogP contribution in [0.15, 0.2) is 47.4 Å². The van der Waals surface area contributed by atoms with Gasteiger partial charge in [-0.1, -0.05) is 18.2 Å². The van der Waals surface area contributed by atoms with Crippen LogP contribution in [-0.2, 0) is 12.8 Å². The van der Waals surface area contributed by atoms with Gasteiger partial charge >= 0.3 is 6.18 Å². The summed E-state index contributed by atoms with van der Waals surface area (Å²) in [6, 6.07) is 10.6. The molecule has 0 aliphatic rings. The summed E-state index contributed by atoms with van der Waals surface area (Å²) in [7, 11) is 0. The van der Waals surface area contributed by atoms with E-state index in [1.807, 2.05) is 18.4 Å². The van der Waals surface area contributed by atoms with E-state index in [1.165, 1.54) is 23.9 Å². The Hall–Kier alpha value is -1.66. The van der Waals surface area contributed by atoms with Crippen LogP contribution in [0.3, 0.4) is 0 Å². The molecule has 112 valence electrons. The number of halogens is 3. The van der Waals surface area contributed by atoms with Crippen LogP contribution < -0.4 is 4.74 Å². The number of benzene rings is 2. The average Bonchev–Trinajstić information content (AvgIpc) is 2.47. The molecule has 0 fully saturated rings. The summed E-state index contributed by atoms with van der Waals surface area (Å²) in [6.07, 6.45) is -2.67. The second-order valence-corrected chi connectivity index (χ2v) is 5.08. The molecule has 0 aromatic heterocycles. The second-order valence-electron chi connectivity index (χ2n) is 4.23. The van der Waals surface area contributed by atoms with Gasteiger partial charge in [-0.25, -0.2) is 0 Å². The molecule has 0 bridgehead atoms. The number of rotatable bonds is 4. The average molecular weight is 314 g/mol. The third-order valence-corrected chi connectivity index (χ3v) is 3.63. The monoisotopic (exact) mass is 314 g/mol. The van der Waals surface area contributed by atoms with E-state index >= 15 is 0 Å². The predicted molar refractivity (Wildman–Crippen MR) is 75.7 cm³/mol. The molecule has 0 aliphatic heterocycles. The molecule has 0 heterocycles. The Morgan fingerprint density at radius 1 is 1.14 bits per heavy atom. The maximum Gasteiger partial charge on any atom is 0.416 e. The Kier molecular flexibility index (Phi) is 4.80. The summed E-state index contributed by atoms with van der Waals surface area (Å²) >= 11 is 1.44. The lowest BCUT2D eigenvalue weighted by Gasteiger charge is -2.14. The van der Waals surface area contributed by atoms with Crippen molar-refractivity contribution in [2.75, 3.05) is 6.26 Å². The molecule has 0 saturated heterocycles. The summed E-state index contributed by atoms with van der Waals surface area (Å²) in [4.78, 5) is 0.831. The smallest absolute Gasteiger partial charge is 0.416 e. The largest absolute Gasteiger partial charge is 0.456 e. The molecule has 0 atom stereocenters. The number of aliphatic hydroxyl groups is 1. The zero-order valence-corrected chi connectivity index (χ0v) is 12.0. The van der Waals surface area contributed by atoms with Crippen LogP contribution in [0.2, 0.25) is 0 Å². The molecule has 2 rings (SSSR count). The van der Waals surface area contributed by atoms with Crippen molar-refractivity contribution in [1.82, 2.24) is 0 Å². The van der Waals surface area contributed by atoms with E-state index in [4.69, 9.17) is 9.84 Å². The van der Waals surface area contributed by atoms with E-state index in [9.17, 15) is 13.2 Å². The molecular formula is C15H13F3O2S. The summed E-state index contributed by atoms with van der Waals surface area (Å²) in [5.74, 6) is 0.580. The number of aliphatic hydroxyl groups excluding tert-OH is 1. The van der Waals surface area contributed by atoms with Crippen molar-refractivity contribution in [2.24, 2.45) is 0 Å². The van der Waals surface area contributed by atoms with Crippen LogP contribution in [0, 0.1) is 0 Å². The molecule has 2 aromatic carbocycles. The first-order chi connectivity index (χ1) is 9.95. The van der Waals surface area contributed by atoms with Crippen molar-refractivity contribution in [3.8, 4) is 11.5 Å². The minimum Gasteiger partial charge on any atom is -0.456 e. The summed E-state index contributed by atoms with van der Waals surface area (Å²) < 4.78 is 44.3. The summed E-state index contributed by atoms with van der Waals surface area (Å²) in [6.45, 7) is -0.670. The molecule has 2 nitrogen and oxygen atoms in total. The van der Waals surface area contributed by atoms with Crippen molar-refractivity contribution in [1.29, 1.82) is 0 Å². The molecule has 6 heteroatoms. The van der Waals surface area contributed by atoms with Crippen molar-refractivity contribution >= 4 is 11.8 Å². The summed E-state index contributed by atoms with van der Waals surface area (Å²) in [5.41, 5.74) is -1.06. The van der Waals surface area contributed by atoms with E-state index < -0.39 is 18.3 Å². The van der Waals surface area contributed by atoms with Gasteiger partial charge in [0.1, 0.15) is 11.5 Å². The van der Waals surface area contributed by atoms with Gasteiger partial charge in [-0.3, -0.25) is 0 Å². The number of ether oxygens (including phenoxy) is 1. The molecule has 0 spiro atoms. The standard InChI is InChI=1S/C15H13F3O2S/c1-21-14-5-3-2-4-13(14)20-11-7-6-10(9-19)12(8-11)15(16,17)18/h2-8,19H,9H2,1H3. The number of hydrogen-bond donors (Lipinski definition) is 1. The maximum absolute atomic E-state index is 12.9. The normalized spacial score (nSPS) is 11.5. The van der Waals surface area contributed by atoms with E-state index in [1.54, 1.807) is 12.1 Å². The van der Waals surface area contributed by atoms with Crippen LogP contribution in [0.1, 0.15) is 11.1 Å². The van der Waals surface area contributed by atoms with Crippen LogP contribution in [0.5, 0.6) is 11.5 Å². The number of alkyl halides is 3. The third-order valence-electron chi connectivity index (χ3n) is 2.85. The fraction of sp³-hybridized carbons (Fsp3) is 0.200. The Labute approximate surface area is 124 Å². The minimum atomic E-state index is -4.53. The van der Waals surface area contributed by atoms with Crippen molar-refractivity contribution in [3.63, 3.8) is 0 Å². The van der Waals surface area contributed by atoms with Gasteiger partial charge in [-0.05, 0) is 36.1 Å². The molecule has 0 aliphatic carbocycles. The van der Waals surface area contributed by atoms with Gasteiger partial charge in [0.2, 0.25) is 0 Å².